The molecule has 1 aromatic heterocycles. The fraction of sp³-hybridized carbons (Fsp3) is 0.643. The first-order valence-electron chi connectivity index (χ1n) is 6.66. The summed E-state index contributed by atoms with van der Waals surface area (Å²) in [6.45, 7) is 7.23. The van der Waals surface area contributed by atoms with Crippen molar-refractivity contribution >= 4 is 22.9 Å². The lowest BCUT2D eigenvalue weighted by atomic mass is 10.1. The summed E-state index contributed by atoms with van der Waals surface area (Å²) in [5, 5.41) is 0. The van der Waals surface area contributed by atoms with Gasteiger partial charge in [0.2, 0.25) is 0 Å². The van der Waals surface area contributed by atoms with Crippen molar-refractivity contribution in [2.75, 3.05) is 12.3 Å². The molecule has 1 heterocycles. The van der Waals surface area contributed by atoms with Crippen LogP contribution in [0.5, 0.6) is 0 Å². The van der Waals surface area contributed by atoms with Crippen LogP contribution in [0.1, 0.15) is 47.7 Å². The predicted octanol–water partition coefficient (Wildman–Crippen LogP) is 3.29. The maximum atomic E-state index is 12.5. The van der Waals surface area contributed by atoms with Crippen molar-refractivity contribution in [1.29, 1.82) is 0 Å². The highest BCUT2D eigenvalue weighted by molar-refractivity contribution is 7.14. The van der Waals surface area contributed by atoms with Gasteiger partial charge in [-0.05, 0) is 38.2 Å². The lowest BCUT2D eigenvalue weighted by Gasteiger charge is -2.22. The normalized spacial score (nSPS) is 15.1. The molecular weight excluding hydrogens is 244 g/mol. The van der Waals surface area contributed by atoms with Crippen LogP contribution in [0.3, 0.4) is 0 Å². The summed E-state index contributed by atoms with van der Waals surface area (Å²) in [4.78, 5) is 16.4. The van der Waals surface area contributed by atoms with Gasteiger partial charge in [0.15, 0.2) is 0 Å². The Bertz CT molecular complexity index is 416. The molecule has 1 saturated carbocycles. The molecule has 0 unspecified atom stereocenters. The van der Waals surface area contributed by atoms with Gasteiger partial charge in [-0.3, -0.25) is 4.79 Å². The van der Waals surface area contributed by atoms with Gasteiger partial charge in [0.05, 0.1) is 4.88 Å². The highest BCUT2D eigenvalue weighted by Gasteiger charge is 2.33. The molecule has 1 amide bonds. The first-order valence-corrected chi connectivity index (χ1v) is 7.47. The number of thiophene rings is 1. The zero-order chi connectivity index (χ0) is 13.3. The monoisotopic (exact) mass is 266 g/mol. The Kier molecular flexibility index (Phi) is 3.95. The number of amides is 1. The number of nitrogens with zero attached hydrogens (tertiary/aromatic N) is 1. The van der Waals surface area contributed by atoms with Gasteiger partial charge in [0.1, 0.15) is 0 Å². The highest BCUT2D eigenvalue weighted by Crippen LogP contribution is 2.31. The van der Waals surface area contributed by atoms with E-state index in [1.165, 1.54) is 11.3 Å². The van der Waals surface area contributed by atoms with Crippen LogP contribution >= 0.6 is 11.3 Å². The van der Waals surface area contributed by atoms with E-state index in [4.69, 9.17) is 5.73 Å². The number of rotatable bonds is 5. The SMILES string of the molecule is Cc1sc(C(=O)N(CCC(C)C)C2CC2)cc1N. The fourth-order valence-corrected chi connectivity index (χ4v) is 2.87. The van der Waals surface area contributed by atoms with Gasteiger partial charge >= 0.3 is 0 Å². The molecule has 2 rings (SSSR count). The Labute approximate surface area is 113 Å². The number of hydrogen-bond acceptors (Lipinski definition) is 3. The molecule has 0 atom stereocenters. The summed E-state index contributed by atoms with van der Waals surface area (Å²) >= 11 is 1.51. The summed E-state index contributed by atoms with van der Waals surface area (Å²) in [7, 11) is 0. The van der Waals surface area contributed by atoms with E-state index >= 15 is 0 Å². The maximum Gasteiger partial charge on any atom is 0.264 e. The third kappa shape index (κ3) is 3.05. The number of hydrogen-bond donors (Lipinski definition) is 1. The van der Waals surface area contributed by atoms with Crippen LogP contribution in [0.2, 0.25) is 0 Å². The summed E-state index contributed by atoms with van der Waals surface area (Å²) in [5.74, 6) is 0.803. The quantitative estimate of drug-likeness (QED) is 0.889. The molecule has 0 bridgehead atoms. The molecule has 0 spiro atoms. The lowest BCUT2D eigenvalue weighted by molar-refractivity contribution is 0.0740. The third-order valence-electron chi connectivity index (χ3n) is 3.36. The van der Waals surface area contributed by atoms with Crippen LogP contribution in [0.15, 0.2) is 6.07 Å². The van der Waals surface area contributed by atoms with Gasteiger partial charge in [0, 0.05) is 23.2 Å². The molecular formula is C14H22N2OS. The molecule has 0 radical (unpaired) electrons. The maximum absolute atomic E-state index is 12.5. The number of nitrogens with two attached hydrogens (primary N) is 1. The van der Waals surface area contributed by atoms with Gasteiger partial charge in [-0.2, -0.15) is 0 Å². The van der Waals surface area contributed by atoms with E-state index < -0.39 is 0 Å². The second-order valence-electron chi connectivity index (χ2n) is 5.53. The molecule has 18 heavy (non-hydrogen) atoms. The predicted molar refractivity (Wildman–Crippen MR) is 77.0 cm³/mol. The van der Waals surface area contributed by atoms with Gasteiger partial charge in [0.25, 0.3) is 5.91 Å². The van der Waals surface area contributed by atoms with Gasteiger partial charge in [-0.25, -0.2) is 0 Å². The summed E-state index contributed by atoms with van der Waals surface area (Å²) in [6, 6.07) is 2.30. The molecule has 4 heteroatoms. The van der Waals surface area contributed by atoms with E-state index in [0.717, 1.165) is 41.2 Å². The van der Waals surface area contributed by atoms with Crippen molar-refractivity contribution in [2.24, 2.45) is 5.92 Å². The minimum Gasteiger partial charge on any atom is -0.398 e. The Hall–Kier alpha value is -1.03. The molecule has 2 N–H and O–H groups in total. The second kappa shape index (κ2) is 5.31. The molecule has 0 saturated heterocycles. The Morgan fingerprint density at radius 3 is 2.67 bits per heavy atom. The minimum absolute atomic E-state index is 0.169. The van der Waals surface area contributed by atoms with Crippen molar-refractivity contribution < 1.29 is 4.79 Å². The van der Waals surface area contributed by atoms with Crippen molar-refractivity contribution in [1.82, 2.24) is 4.90 Å². The summed E-state index contributed by atoms with van der Waals surface area (Å²) in [6.07, 6.45) is 3.38. The average molecular weight is 266 g/mol. The molecule has 1 aliphatic carbocycles. The van der Waals surface area contributed by atoms with E-state index in [1.807, 2.05) is 17.9 Å². The summed E-state index contributed by atoms with van der Waals surface area (Å²) < 4.78 is 0. The first kappa shape index (κ1) is 13.4. The highest BCUT2D eigenvalue weighted by atomic mass is 32.1. The van der Waals surface area contributed by atoms with Crippen LogP contribution in [-0.2, 0) is 0 Å². The smallest absolute Gasteiger partial charge is 0.264 e. The zero-order valence-electron chi connectivity index (χ0n) is 11.4. The molecule has 1 aromatic rings. The van der Waals surface area contributed by atoms with Crippen LogP contribution in [0, 0.1) is 12.8 Å². The van der Waals surface area contributed by atoms with Crippen LogP contribution < -0.4 is 5.73 Å². The molecule has 0 aromatic carbocycles. The van der Waals surface area contributed by atoms with E-state index in [2.05, 4.69) is 13.8 Å². The van der Waals surface area contributed by atoms with E-state index in [-0.39, 0.29) is 5.91 Å². The van der Waals surface area contributed by atoms with Gasteiger partial charge in [-0.1, -0.05) is 13.8 Å². The minimum atomic E-state index is 0.169. The third-order valence-corrected chi connectivity index (χ3v) is 4.42. The van der Waals surface area contributed by atoms with E-state index in [0.29, 0.717) is 12.0 Å². The van der Waals surface area contributed by atoms with Crippen LogP contribution in [0.4, 0.5) is 5.69 Å². The van der Waals surface area contributed by atoms with Crippen LogP contribution in [-0.4, -0.2) is 23.4 Å². The molecule has 100 valence electrons. The Morgan fingerprint density at radius 1 is 1.56 bits per heavy atom. The van der Waals surface area contributed by atoms with Crippen LogP contribution in [0.25, 0.3) is 0 Å². The van der Waals surface area contributed by atoms with Crippen molar-refractivity contribution in [3.63, 3.8) is 0 Å². The molecule has 0 aliphatic heterocycles. The molecule has 1 aliphatic rings. The fourth-order valence-electron chi connectivity index (χ4n) is 1.98. The van der Waals surface area contributed by atoms with E-state index in [1.54, 1.807) is 0 Å². The second-order valence-corrected chi connectivity index (χ2v) is 6.79. The van der Waals surface area contributed by atoms with Crippen molar-refractivity contribution in [2.45, 2.75) is 46.1 Å². The number of carbonyl (C=O) groups excluding carboxylic acids is 1. The number of nitrogen functional groups attached to an aromatic ring is 1. The number of anilines is 1. The standard InChI is InChI=1S/C14H22N2OS/c1-9(2)6-7-16(11-4-5-11)14(17)13-8-12(15)10(3)18-13/h8-9,11H,4-7,15H2,1-3H3. The Balaban J connectivity index is 2.08. The number of aryl methyl sites for hydroxylation is 1. The van der Waals surface area contributed by atoms with Gasteiger partial charge < -0.3 is 10.6 Å². The zero-order valence-corrected chi connectivity index (χ0v) is 12.2. The molecule has 1 fully saturated rings. The van der Waals surface area contributed by atoms with Crippen molar-refractivity contribution in [3.05, 3.63) is 15.8 Å². The average Bonchev–Trinajstić information content (AvgIpc) is 3.06. The topological polar surface area (TPSA) is 46.3 Å². The lowest BCUT2D eigenvalue weighted by Crippen LogP contribution is -2.34. The Morgan fingerprint density at radius 2 is 2.22 bits per heavy atom. The first-order chi connectivity index (χ1) is 8.49. The summed E-state index contributed by atoms with van der Waals surface area (Å²) in [5.41, 5.74) is 6.57. The van der Waals surface area contributed by atoms with Gasteiger partial charge in [-0.15, -0.1) is 11.3 Å². The van der Waals surface area contributed by atoms with E-state index in [9.17, 15) is 4.79 Å². The van der Waals surface area contributed by atoms with Crippen molar-refractivity contribution in [3.8, 4) is 0 Å². The number of carbonyl (C=O) groups is 1. The molecule has 3 nitrogen and oxygen atoms in total. The largest absolute Gasteiger partial charge is 0.398 e.